The van der Waals surface area contributed by atoms with E-state index in [2.05, 4.69) is 10.6 Å². The number of carbonyl (C=O) groups is 1. The molecule has 6 heteroatoms. The van der Waals surface area contributed by atoms with Gasteiger partial charge >= 0.3 is 0 Å². The molecule has 0 fully saturated rings. The maximum absolute atomic E-state index is 11.5. The van der Waals surface area contributed by atoms with Gasteiger partial charge in [0.15, 0.2) is 0 Å². The minimum absolute atomic E-state index is 0.0777. The molecule has 0 unspecified atom stereocenters. The largest absolute Gasteiger partial charge is 0.355 e. The molecule has 4 nitrogen and oxygen atoms in total. The molecule has 0 aliphatic carbocycles. The number of nitrogens with zero attached hydrogens (tertiary/aromatic N) is 1. The summed E-state index contributed by atoms with van der Waals surface area (Å²) < 4.78 is 0. The molecule has 0 bridgehead atoms. The van der Waals surface area contributed by atoms with Gasteiger partial charge in [-0.1, -0.05) is 29.3 Å². The van der Waals surface area contributed by atoms with E-state index < -0.39 is 0 Å². The Kier molecular flexibility index (Phi) is 8.69. The Bertz CT molecular complexity index is 453. The highest BCUT2D eigenvalue weighted by Gasteiger charge is 2.02. The second kappa shape index (κ2) is 10.0. The summed E-state index contributed by atoms with van der Waals surface area (Å²) in [5.74, 6) is 0.0777. The highest BCUT2D eigenvalue weighted by atomic mass is 35.5. The van der Waals surface area contributed by atoms with Crippen molar-refractivity contribution in [2.24, 2.45) is 0 Å². The van der Waals surface area contributed by atoms with Crippen LogP contribution >= 0.6 is 23.2 Å². The maximum atomic E-state index is 11.5. The number of nitrogens with one attached hydrogen (secondary N) is 2. The number of halogens is 2. The zero-order chi connectivity index (χ0) is 15.7. The van der Waals surface area contributed by atoms with Crippen LogP contribution < -0.4 is 10.6 Å². The number of hydrogen-bond donors (Lipinski definition) is 2. The molecular formula is C15H23Cl2N3O. The first kappa shape index (κ1) is 18.2. The van der Waals surface area contributed by atoms with Gasteiger partial charge in [-0.15, -0.1) is 0 Å². The lowest BCUT2D eigenvalue weighted by Crippen LogP contribution is -2.33. The van der Waals surface area contributed by atoms with Crippen LogP contribution in [0.15, 0.2) is 18.2 Å². The van der Waals surface area contributed by atoms with Crippen molar-refractivity contribution in [2.45, 2.75) is 12.8 Å². The highest BCUT2D eigenvalue weighted by molar-refractivity contribution is 6.35. The number of likely N-dealkylation sites (N-methyl/N-ethyl adjacent to an activating group) is 1. The predicted octanol–water partition coefficient (Wildman–Crippen LogP) is 2.19. The zero-order valence-corrected chi connectivity index (χ0v) is 14.1. The second-order valence-corrected chi connectivity index (χ2v) is 5.98. The average Bonchev–Trinajstić information content (AvgIpc) is 2.40. The van der Waals surface area contributed by atoms with E-state index in [4.69, 9.17) is 23.2 Å². The zero-order valence-electron chi connectivity index (χ0n) is 12.6. The van der Waals surface area contributed by atoms with Gasteiger partial charge in [0, 0.05) is 36.1 Å². The van der Waals surface area contributed by atoms with Gasteiger partial charge in [0.1, 0.15) is 0 Å². The molecule has 1 aromatic carbocycles. The first-order valence-corrected chi connectivity index (χ1v) is 7.80. The molecule has 1 aromatic rings. The molecule has 0 aliphatic heterocycles. The Labute approximate surface area is 136 Å². The third-order valence-electron chi connectivity index (χ3n) is 3.00. The number of benzene rings is 1. The van der Waals surface area contributed by atoms with Crippen LogP contribution in [0.4, 0.5) is 0 Å². The molecule has 1 rings (SSSR count). The maximum Gasteiger partial charge on any atom is 0.221 e. The normalized spacial score (nSPS) is 10.9. The molecule has 0 aliphatic rings. The highest BCUT2D eigenvalue weighted by Crippen LogP contribution is 2.20. The summed E-state index contributed by atoms with van der Waals surface area (Å²) in [6.45, 7) is 2.99. The van der Waals surface area contributed by atoms with Gasteiger partial charge in [0.25, 0.3) is 0 Å². The Morgan fingerprint density at radius 3 is 2.62 bits per heavy atom. The molecule has 118 valence electrons. The lowest BCUT2D eigenvalue weighted by Gasteiger charge is -2.10. The van der Waals surface area contributed by atoms with Crippen LogP contribution in [0.3, 0.4) is 0 Å². The topological polar surface area (TPSA) is 44.4 Å². The van der Waals surface area contributed by atoms with Gasteiger partial charge in [0.2, 0.25) is 5.91 Å². The van der Waals surface area contributed by atoms with Crippen molar-refractivity contribution < 1.29 is 4.79 Å². The van der Waals surface area contributed by atoms with Gasteiger partial charge in [-0.2, -0.15) is 0 Å². The van der Waals surface area contributed by atoms with Crippen LogP contribution in [0.1, 0.15) is 12.0 Å². The number of carbonyl (C=O) groups excluding carboxylic acids is 1. The van der Waals surface area contributed by atoms with Crippen molar-refractivity contribution in [3.63, 3.8) is 0 Å². The van der Waals surface area contributed by atoms with Gasteiger partial charge in [-0.05, 0) is 44.8 Å². The molecular weight excluding hydrogens is 309 g/mol. The molecule has 0 saturated heterocycles. The van der Waals surface area contributed by atoms with Crippen LogP contribution in [0.2, 0.25) is 10.0 Å². The summed E-state index contributed by atoms with van der Waals surface area (Å²) in [5.41, 5.74) is 1.06. The van der Waals surface area contributed by atoms with Gasteiger partial charge in [0.05, 0.1) is 0 Å². The van der Waals surface area contributed by atoms with E-state index >= 15 is 0 Å². The van der Waals surface area contributed by atoms with Crippen molar-refractivity contribution in [2.75, 3.05) is 40.3 Å². The Morgan fingerprint density at radius 2 is 1.95 bits per heavy atom. The SMILES string of the molecule is CN(C)CCNC(=O)CCNCCc1ccc(Cl)cc1Cl. The molecule has 0 spiro atoms. The van der Waals surface area contributed by atoms with E-state index in [1.807, 2.05) is 31.1 Å². The van der Waals surface area contributed by atoms with E-state index in [0.717, 1.165) is 25.1 Å². The summed E-state index contributed by atoms with van der Waals surface area (Å²) in [7, 11) is 3.96. The van der Waals surface area contributed by atoms with Crippen LogP contribution in [0, 0.1) is 0 Å². The van der Waals surface area contributed by atoms with E-state index in [1.54, 1.807) is 6.07 Å². The fourth-order valence-corrected chi connectivity index (χ4v) is 2.28. The third-order valence-corrected chi connectivity index (χ3v) is 3.58. The summed E-state index contributed by atoms with van der Waals surface area (Å²) in [6.07, 6.45) is 1.31. The summed E-state index contributed by atoms with van der Waals surface area (Å²) >= 11 is 11.9. The van der Waals surface area contributed by atoms with E-state index in [9.17, 15) is 4.79 Å². The summed E-state index contributed by atoms with van der Waals surface area (Å²) in [5, 5.41) is 7.45. The Morgan fingerprint density at radius 1 is 1.19 bits per heavy atom. The van der Waals surface area contributed by atoms with E-state index in [0.29, 0.717) is 29.6 Å². The van der Waals surface area contributed by atoms with Gasteiger partial charge < -0.3 is 15.5 Å². The molecule has 0 heterocycles. The van der Waals surface area contributed by atoms with E-state index in [-0.39, 0.29) is 5.91 Å². The van der Waals surface area contributed by atoms with Crippen molar-refractivity contribution >= 4 is 29.1 Å². The van der Waals surface area contributed by atoms with Crippen molar-refractivity contribution in [3.8, 4) is 0 Å². The standard InChI is InChI=1S/C15H23Cl2N3O/c1-20(2)10-9-19-15(21)6-8-18-7-5-12-3-4-13(16)11-14(12)17/h3-4,11,18H,5-10H2,1-2H3,(H,19,21). The quantitative estimate of drug-likeness (QED) is 0.682. The molecule has 1 amide bonds. The second-order valence-electron chi connectivity index (χ2n) is 5.14. The first-order chi connectivity index (χ1) is 9.99. The molecule has 0 saturated carbocycles. The lowest BCUT2D eigenvalue weighted by molar-refractivity contribution is -0.121. The summed E-state index contributed by atoms with van der Waals surface area (Å²) in [6, 6.07) is 5.51. The predicted molar refractivity (Wildman–Crippen MR) is 89.2 cm³/mol. The third kappa shape index (κ3) is 8.27. The number of hydrogen-bond acceptors (Lipinski definition) is 3. The summed E-state index contributed by atoms with van der Waals surface area (Å²) in [4.78, 5) is 13.6. The van der Waals surface area contributed by atoms with Crippen molar-refractivity contribution in [3.05, 3.63) is 33.8 Å². The van der Waals surface area contributed by atoms with E-state index in [1.165, 1.54) is 0 Å². The Hall–Kier alpha value is -0.810. The van der Waals surface area contributed by atoms with Crippen LogP contribution in [-0.2, 0) is 11.2 Å². The molecule has 0 radical (unpaired) electrons. The minimum Gasteiger partial charge on any atom is -0.355 e. The van der Waals surface area contributed by atoms with Crippen molar-refractivity contribution in [1.29, 1.82) is 0 Å². The average molecular weight is 332 g/mol. The smallest absolute Gasteiger partial charge is 0.221 e. The fraction of sp³-hybridized carbons (Fsp3) is 0.533. The Balaban J connectivity index is 2.10. The van der Waals surface area contributed by atoms with Gasteiger partial charge in [-0.3, -0.25) is 4.79 Å². The first-order valence-electron chi connectivity index (χ1n) is 7.05. The molecule has 0 aromatic heterocycles. The monoisotopic (exact) mass is 331 g/mol. The number of amides is 1. The van der Waals surface area contributed by atoms with Crippen LogP contribution in [0.25, 0.3) is 0 Å². The molecule has 2 N–H and O–H groups in total. The molecule has 0 atom stereocenters. The molecule has 21 heavy (non-hydrogen) atoms. The van der Waals surface area contributed by atoms with Crippen LogP contribution in [-0.4, -0.2) is 51.1 Å². The van der Waals surface area contributed by atoms with Crippen molar-refractivity contribution in [1.82, 2.24) is 15.5 Å². The fourth-order valence-electron chi connectivity index (χ4n) is 1.78. The minimum atomic E-state index is 0.0777. The lowest BCUT2D eigenvalue weighted by atomic mass is 10.1. The van der Waals surface area contributed by atoms with Crippen LogP contribution in [0.5, 0.6) is 0 Å². The number of rotatable bonds is 9. The van der Waals surface area contributed by atoms with Gasteiger partial charge in [-0.25, -0.2) is 0 Å².